The molecule has 0 radical (unpaired) electrons. The zero-order valence-electron chi connectivity index (χ0n) is 14.1. The largest absolute Gasteiger partial charge is 0.254 e. The number of aromatic nitrogens is 2. The van der Waals surface area contributed by atoms with Crippen LogP contribution in [-0.4, -0.2) is 9.97 Å². The summed E-state index contributed by atoms with van der Waals surface area (Å²) < 4.78 is 0. The van der Waals surface area contributed by atoms with Crippen LogP contribution in [0.2, 0.25) is 0 Å². The Kier molecular flexibility index (Phi) is 3.46. The molecule has 0 saturated carbocycles. The first-order valence-corrected chi connectivity index (χ1v) is 8.70. The summed E-state index contributed by atoms with van der Waals surface area (Å²) >= 11 is 0. The highest BCUT2D eigenvalue weighted by Crippen LogP contribution is 2.42. The van der Waals surface area contributed by atoms with Crippen molar-refractivity contribution in [3.8, 4) is 22.3 Å². The second-order valence-corrected chi connectivity index (χ2v) is 6.28. The maximum atomic E-state index is 4.67. The van der Waals surface area contributed by atoms with E-state index in [0.29, 0.717) is 0 Å². The molecule has 2 heteroatoms. The van der Waals surface area contributed by atoms with Gasteiger partial charge in [0.1, 0.15) is 0 Å². The molecule has 5 rings (SSSR count). The van der Waals surface area contributed by atoms with Gasteiger partial charge in [0, 0.05) is 23.2 Å². The Morgan fingerprint density at radius 1 is 0.423 bits per heavy atom. The van der Waals surface area contributed by atoms with Crippen LogP contribution in [-0.2, 0) is 0 Å². The van der Waals surface area contributed by atoms with Gasteiger partial charge in [-0.2, -0.15) is 0 Å². The summed E-state index contributed by atoms with van der Waals surface area (Å²) in [5.41, 5.74) is 6.69. The average Bonchev–Trinajstić information content (AvgIpc) is 2.74. The first kappa shape index (κ1) is 14.8. The predicted molar refractivity (Wildman–Crippen MR) is 108 cm³/mol. The van der Waals surface area contributed by atoms with Gasteiger partial charge >= 0.3 is 0 Å². The smallest absolute Gasteiger partial charge is 0.0971 e. The molecule has 2 aromatic heterocycles. The topological polar surface area (TPSA) is 25.8 Å². The molecule has 0 unspecified atom stereocenters. The fraction of sp³-hybridized carbons (Fsp3) is 0. The standard InChI is InChI=1S/C24H16N2/c1-3-9-17(10-4-1)21-19-13-7-15-25-23(19)24-20(14-8-16-26-24)22(21)18-11-5-2-6-12-18/h1-16H. The number of benzene rings is 3. The Morgan fingerprint density at radius 2 is 0.846 bits per heavy atom. The van der Waals surface area contributed by atoms with Crippen LogP contribution in [0, 0.1) is 0 Å². The Hall–Kier alpha value is -3.52. The van der Waals surface area contributed by atoms with Gasteiger partial charge in [0.05, 0.1) is 11.0 Å². The summed E-state index contributed by atoms with van der Waals surface area (Å²) in [6, 6.07) is 29.4. The van der Waals surface area contributed by atoms with Crippen molar-refractivity contribution in [3.63, 3.8) is 0 Å². The zero-order chi connectivity index (χ0) is 17.3. The molecule has 0 amide bonds. The lowest BCUT2D eigenvalue weighted by Gasteiger charge is -2.17. The first-order valence-electron chi connectivity index (χ1n) is 8.70. The van der Waals surface area contributed by atoms with Gasteiger partial charge in [0.2, 0.25) is 0 Å². The van der Waals surface area contributed by atoms with Crippen molar-refractivity contribution in [2.45, 2.75) is 0 Å². The number of hydrogen-bond donors (Lipinski definition) is 0. The van der Waals surface area contributed by atoms with Crippen LogP contribution in [0.3, 0.4) is 0 Å². The number of nitrogens with zero attached hydrogens (tertiary/aromatic N) is 2. The van der Waals surface area contributed by atoms with Gasteiger partial charge in [0.15, 0.2) is 0 Å². The van der Waals surface area contributed by atoms with Gasteiger partial charge in [-0.3, -0.25) is 9.97 Å². The molecular formula is C24H16N2. The third kappa shape index (κ3) is 2.27. The minimum atomic E-state index is 0.946. The molecule has 3 aromatic carbocycles. The quantitative estimate of drug-likeness (QED) is 0.364. The van der Waals surface area contributed by atoms with E-state index in [-0.39, 0.29) is 0 Å². The van der Waals surface area contributed by atoms with E-state index in [0.717, 1.165) is 21.8 Å². The highest BCUT2D eigenvalue weighted by molar-refractivity contribution is 6.18. The number of hydrogen-bond acceptors (Lipinski definition) is 2. The van der Waals surface area contributed by atoms with Crippen LogP contribution in [0.4, 0.5) is 0 Å². The van der Waals surface area contributed by atoms with Gasteiger partial charge in [-0.1, -0.05) is 72.8 Å². The molecule has 2 nitrogen and oxygen atoms in total. The highest BCUT2D eigenvalue weighted by Gasteiger charge is 2.18. The van der Waals surface area contributed by atoms with Gasteiger partial charge in [0.25, 0.3) is 0 Å². The zero-order valence-corrected chi connectivity index (χ0v) is 14.1. The number of rotatable bonds is 2. The molecule has 26 heavy (non-hydrogen) atoms. The van der Waals surface area contributed by atoms with Crippen LogP contribution in [0.15, 0.2) is 97.3 Å². The van der Waals surface area contributed by atoms with Crippen LogP contribution < -0.4 is 0 Å². The van der Waals surface area contributed by atoms with E-state index >= 15 is 0 Å². The molecule has 122 valence electrons. The second kappa shape index (κ2) is 6.08. The van der Waals surface area contributed by atoms with Crippen molar-refractivity contribution in [3.05, 3.63) is 97.3 Å². The Bertz CT molecular complexity index is 1110. The van der Waals surface area contributed by atoms with Crippen LogP contribution in [0.25, 0.3) is 44.1 Å². The van der Waals surface area contributed by atoms with Crippen molar-refractivity contribution in [2.75, 3.05) is 0 Å². The van der Waals surface area contributed by atoms with Gasteiger partial charge in [-0.15, -0.1) is 0 Å². The molecule has 0 aliphatic rings. The minimum Gasteiger partial charge on any atom is -0.254 e. The Labute approximate surface area is 151 Å². The lowest BCUT2D eigenvalue weighted by molar-refractivity contribution is 1.37. The van der Waals surface area contributed by atoms with Crippen molar-refractivity contribution < 1.29 is 0 Å². The molecule has 0 bridgehead atoms. The molecule has 0 aliphatic carbocycles. The minimum absolute atomic E-state index is 0.946. The predicted octanol–water partition coefficient (Wildman–Crippen LogP) is 6.12. The fourth-order valence-corrected chi connectivity index (χ4v) is 3.67. The van der Waals surface area contributed by atoms with Gasteiger partial charge in [-0.25, -0.2) is 0 Å². The highest BCUT2D eigenvalue weighted by atomic mass is 14.7. The van der Waals surface area contributed by atoms with Crippen molar-refractivity contribution in [1.29, 1.82) is 0 Å². The Morgan fingerprint density at radius 3 is 1.27 bits per heavy atom. The van der Waals surface area contributed by atoms with E-state index < -0.39 is 0 Å². The molecule has 0 atom stereocenters. The maximum Gasteiger partial charge on any atom is 0.0971 e. The van der Waals surface area contributed by atoms with E-state index in [2.05, 4.69) is 82.8 Å². The van der Waals surface area contributed by atoms with Gasteiger partial charge in [-0.05, 0) is 34.4 Å². The summed E-state index contributed by atoms with van der Waals surface area (Å²) in [7, 11) is 0. The van der Waals surface area contributed by atoms with E-state index in [9.17, 15) is 0 Å². The fourth-order valence-electron chi connectivity index (χ4n) is 3.67. The lowest BCUT2D eigenvalue weighted by atomic mass is 9.88. The first-order chi connectivity index (χ1) is 12.9. The molecule has 0 spiro atoms. The van der Waals surface area contributed by atoms with E-state index in [1.807, 2.05) is 24.5 Å². The summed E-state index contributed by atoms with van der Waals surface area (Å²) in [6.45, 7) is 0. The van der Waals surface area contributed by atoms with Crippen LogP contribution >= 0.6 is 0 Å². The van der Waals surface area contributed by atoms with Crippen LogP contribution in [0.1, 0.15) is 0 Å². The molecule has 0 aliphatic heterocycles. The monoisotopic (exact) mass is 332 g/mol. The molecule has 0 N–H and O–H groups in total. The molecule has 0 fully saturated rings. The Balaban J connectivity index is 2.06. The van der Waals surface area contributed by atoms with Gasteiger partial charge < -0.3 is 0 Å². The second-order valence-electron chi connectivity index (χ2n) is 6.28. The summed E-state index contributed by atoms with van der Waals surface area (Å²) in [6.07, 6.45) is 3.68. The van der Waals surface area contributed by atoms with Crippen molar-refractivity contribution in [1.82, 2.24) is 9.97 Å². The normalized spacial score (nSPS) is 11.1. The third-order valence-corrected chi connectivity index (χ3v) is 4.75. The summed E-state index contributed by atoms with van der Waals surface area (Å²) in [5.74, 6) is 0. The lowest BCUT2D eigenvalue weighted by Crippen LogP contribution is -1.94. The number of fused-ring (bicyclic) bond motifs is 3. The van der Waals surface area contributed by atoms with E-state index in [1.54, 1.807) is 0 Å². The maximum absolute atomic E-state index is 4.67. The molecule has 5 aromatic rings. The van der Waals surface area contributed by atoms with Crippen molar-refractivity contribution in [2.24, 2.45) is 0 Å². The number of pyridine rings is 2. The molecule has 2 heterocycles. The third-order valence-electron chi connectivity index (χ3n) is 4.75. The van der Waals surface area contributed by atoms with Crippen LogP contribution in [0.5, 0.6) is 0 Å². The SMILES string of the molecule is c1ccc(-c2c(-c3ccccc3)c3cccnc3c3ncccc23)cc1. The summed E-state index contributed by atoms with van der Waals surface area (Å²) in [5, 5.41) is 2.26. The summed E-state index contributed by atoms with van der Waals surface area (Å²) in [4.78, 5) is 9.34. The molecular weight excluding hydrogens is 316 g/mol. The van der Waals surface area contributed by atoms with E-state index in [1.165, 1.54) is 22.3 Å². The average molecular weight is 332 g/mol. The molecule has 0 saturated heterocycles. The van der Waals surface area contributed by atoms with Crippen molar-refractivity contribution >= 4 is 21.8 Å². The van der Waals surface area contributed by atoms with E-state index in [4.69, 9.17) is 0 Å².